The number of fused-ring (bicyclic) bond motifs is 1. The van der Waals surface area contributed by atoms with Crippen molar-refractivity contribution in [3.8, 4) is 17.0 Å². The molecule has 0 unspecified atom stereocenters. The number of carbonyl (C=O) groups excluding carboxylic acids is 2. The fourth-order valence-corrected chi connectivity index (χ4v) is 3.48. The second-order valence-corrected chi connectivity index (χ2v) is 7.48. The molecule has 1 N–H and O–H groups in total. The molecule has 4 aromatic rings. The number of rotatable bonds is 7. The largest absolute Gasteiger partial charge is 0.491 e. The molecule has 0 radical (unpaired) electrons. The minimum atomic E-state index is -0.550. The topological polar surface area (TPSA) is 68.4 Å². The maximum Gasteiger partial charge on any atom is 0.338 e. The molecule has 4 rings (SSSR count). The lowest BCUT2D eigenvalue weighted by Gasteiger charge is -2.10. The molecule has 1 aromatic heterocycles. The molecule has 0 aliphatic carbocycles. The van der Waals surface area contributed by atoms with Gasteiger partial charge >= 0.3 is 5.97 Å². The Hall–Kier alpha value is -3.86. The van der Waals surface area contributed by atoms with Crippen LogP contribution in [0.5, 0.6) is 5.75 Å². The van der Waals surface area contributed by atoms with Gasteiger partial charge in [-0.15, -0.1) is 0 Å². The highest BCUT2D eigenvalue weighted by molar-refractivity contribution is 6.14. The molecule has 1 heterocycles. The third kappa shape index (κ3) is 4.51. The summed E-state index contributed by atoms with van der Waals surface area (Å²) in [7, 11) is 0. The number of carbonyl (C=O) groups is 2. The first-order valence-electron chi connectivity index (χ1n) is 10.2. The van der Waals surface area contributed by atoms with Gasteiger partial charge in [-0.05, 0) is 49.7 Å². The summed E-state index contributed by atoms with van der Waals surface area (Å²) < 4.78 is 10.9. The van der Waals surface area contributed by atoms with Crippen LogP contribution in [0.4, 0.5) is 0 Å². The van der Waals surface area contributed by atoms with E-state index < -0.39 is 5.97 Å². The van der Waals surface area contributed by atoms with E-state index in [4.69, 9.17) is 9.47 Å². The summed E-state index contributed by atoms with van der Waals surface area (Å²) >= 11 is 0. The molecule has 5 nitrogen and oxygen atoms in total. The van der Waals surface area contributed by atoms with Crippen molar-refractivity contribution in [3.05, 3.63) is 90.0 Å². The first-order valence-corrected chi connectivity index (χ1v) is 10.2. The number of benzene rings is 3. The minimum Gasteiger partial charge on any atom is -0.491 e. The number of H-pyrrole nitrogens is 1. The molecule has 0 fully saturated rings. The average molecular weight is 413 g/mol. The van der Waals surface area contributed by atoms with Crippen molar-refractivity contribution in [1.29, 1.82) is 0 Å². The zero-order chi connectivity index (χ0) is 21.8. The number of esters is 1. The van der Waals surface area contributed by atoms with Gasteiger partial charge in [0.05, 0.1) is 22.9 Å². The summed E-state index contributed by atoms with van der Waals surface area (Å²) in [5.41, 5.74) is 3.37. The fraction of sp³-hybridized carbons (Fsp3) is 0.154. The van der Waals surface area contributed by atoms with Crippen LogP contribution in [0.3, 0.4) is 0 Å². The van der Waals surface area contributed by atoms with Crippen LogP contribution in [0.25, 0.3) is 22.2 Å². The number of ketones is 1. The first-order chi connectivity index (χ1) is 15.0. The van der Waals surface area contributed by atoms with Gasteiger partial charge in [0, 0.05) is 10.9 Å². The van der Waals surface area contributed by atoms with Crippen molar-refractivity contribution in [3.63, 3.8) is 0 Å². The highest BCUT2D eigenvalue weighted by atomic mass is 16.5. The molecule has 156 valence electrons. The molecule has 0 spiro atoms. The Morgan fingerprint density at radius 3 is 2.26 bits per heavy atom. The summed E-state index contributed by atoms with van der Waals surface area (Å²) in [6.45, 7) is 3.52. The van der Waals surface area contributed by atoms with Gasteiger partial charge in [0.2, 0.25) is 5.78 Å². The molecule has 3 aromatic carbocycles. The predicted octanol–water partition coefficient (Wildman–Crippen LogP) is 5.66. The van der Waals surface area contributed by atoms with Crippen molar-refractivity contribution in [1.82, 2.24) is 4.98 Å². The molecule has 0 amide bonds. The standard InChI is InChI=1S/C26H23NO4/c1-17(2)31-20-14-12-19(13-15-20)26(29)30-16-23(28)24-21-10-6-7-11-22(21)27-25(24)18-8-4-3-5-9-18/h3-15,17,27H,16H2,1-2H3. The molecular weight excluding hydrogens is 390 g/mol. The monoisotopic (exact) mass is 413 g/mol. The molecule has 5 heteroatoms. The van der Waals surface area contributed by atoms with Gasteiger partial charge in [-0.3, -0.25) is 4.79 Å². The summed E-state index contributed by atoms with van der Waals surface area (Å²) in [6.07, 6.45) is 0.0467. The molecule has 0 aliphatic rings. The Balaban J connectivity index is 1.54. The van der Waals surface area contributed by atoms with Gasteiger partial charge in [0.15, 0.2) is 6.61 Å². The number of hydrogen-bond acceptors (Lipinski definition) is 4. The molecule has 0 saturated heterocycles. The Kier molecular flexibility index (Phi) is 5.85. The van der Waals surface area contributed by atoms with E-state index in [1.54, 1.807) is 24.3 Å². The zero-order valence-electron chi connectivity index (χ0n) is 17.4. The number of Topliss-reactive ketones (excluding diaryl/α,β-unsaturated/α-hetero) is 1. The van der Waals surface area contributed by atoms with Crippen LogP contribution in [0, 0.1) is 0 Å². The van der Waals surface area contributed by atoms with Crippen molar-refractivity contribution in [2.45, 2.75) is 20.0 Å². The highest BCUT2D eigenvalue weighted by Gasteiger charge is 2.21. The van der Waals surface area contributed by atoms with E-state index in [0.29, 0.717) is 16.9 Å². The van der Waals surface area contributed by atoms with Crippen LogP contribution in [0.1, 0.15) is 34.6 Å². The van der Waals surface area contributed by atoms with E-state index in [9.17, 15) is 9.59 Å². The van der Waals surface area contributed by atoms with Crippen LogP contribution < -0.4 is 4.74 Å². The Morgan fingerprint density at radius 2 is 1.55 bits per heavy atom. The minimum absolute atomic E-state index is 0.0467. The van der Waals surface area contributed by atoms with Crippen LogP contribution in [-0.2, 0) is 4.74 Å². The first kappa shape index (κ1) is 20.4. The highest BCUT2D eigenvalue weighted by Crippen LogP contribution is 2.30. The normalized spacial score (nSPS) is 10.9. The second kappa shape index (κ2) is 8.88. The van der Waals surface area contributed by atoms with Gasteiger partial charge in [0.1, 0.15) is 5.75 Å². The van der Waals surface area contributed by atoms with Crippen LogP contribution in [0.2, 0.25) is 0 Å². The van der Waals surface area contributed by atoms with Gasteiger partial charge in [-0.1, -0.05) is 48.5 Å². The number of para-hydroxylation sites is 1. The van der Waals surface area contributed by atoms with Crippen LogP contribution >= 0.6 is 0 Å². The summed E-state index contributed by atoms with van der Waals surface area (Å²) in [5, 5.41) is 0.803. The maximum absolute atomic E-state index is 13.1. The van der Waals surface area contributed by atoms with Gasteiger partial charge < -0.3 is 14.5 Å². The van der Waals surface area contributed by atoms with Gasteiger partial charge in [-0.2, -0.15) is 0 Å². The third-order valence-corrected chi connectivity index (χ3v) is 4.84. The zero-order valence-corrected chi connectivity index (χ0v) is 17.4. The number of aromatic nitrogens is 1. The third-order valence-electron chi connectivity index (χ3n) is 4.84. The van der Waals surface area contributed by atoms with Gasteiger partial charge in [0.25, 0.3) is 0 Å². The quantitative estimate of drug-likeness (QED) is 0.313. The smallest absolute Gasteiger partial charge is 0.338 e. The van der Waals surface area contributed by atoms with Crippen molar-refractivity contribution >= 4 is 22.7 Å². The Bertz CT molecular complexity index is 1210. The van der Waals surface area contributed by atoms with E-state index in [0.717, 1.165) is 22.2 Å². The number of hydrogen-bond donors (Lipinski definition) is 1. The number of nitrogens with one attached hydrogen (secondary N) is 1. The summed E-state index contributed by atoms with van der Waals surface area (Å²) in [5.74, 6) is -0.135. The van der Waals surface area contributed by atoms with Crippen LogP contribution in [0.15, 0.2) is 78.9 Å². The van der Waals surface area contributed by atoms with E-state index in [1.165, 1.54) is 0 Å². The van der Waals surface area contributed by atoms with E-state index in [-0.39, 0.29) is 18.5 Å². The SMILES string of the molecule is CC(C)Oc1ccc(C(=O)OCC(=O)c2c(-c3ccccc3)[nH]c3ccccc23)cc1. The molecule has 0 bridgehead atoms. The number of ether oxygens (including phenoxy) is 2. The van der Waals surface area contributed by atoms with Crippen molar-refractivity contribution < 1.29 is 19.1 Å². The molecule has 0 aliphatic heterocycles. The number of aromatic amines is 1. The Labute approximate surface area is 180 Å². The summed E-state index contributed by atoms with van der Waals surface area (Å²) in [4.78, 5) is 28.9. The lowest BCUT2D eigenvalue weighted by atomic mass is 10.0. The molecule has 31 heavy (non-hydrogen) atoms. The van der Waals surface area contributed by atoms with Crippen molar-refractivity contribution in [2.75, 3.05) is 6.61 Å². The fourth-order valence-electron chi connectivity index (χ4n) is 3.48. The van der Waals surface area contributed by atoms with Crippen molar-refractivity contribution in [2.24, 2.45) is 0 Å². The lowest BCUT2D eigenvalue weighted by Crippen LogP contribution is -2.15. The van der Waals surface area contributed by atoms with Gasteiger partial charge in [-0.25, -0.2) is 4.79 Å². The van der Waals surface area contributed by atoms with E-state index in [1.807, 2.05) is 68.4 Å². The molecule has 0 atom stereocenters. The second-order valence-electron chi connectivity index (χ2n) is 7.48. The predicted molar refractivity (Wildman–Crippen MR) is 121 cm³/mol. The van der Waals surface area contributed by atoms with Crippen LogP contribution in [-0.4, -0.2) is 29.4 Å². The lowest BCUT2D eigenvalue weighted by molar-refractivity contribution is 0.0475. The average Bonchev–Trinajstić information content (AvgIpc) is 3.18. The molecular formula is C26H23NO4. The molecule has 0 saturated carbocycles. The summed E-state index contributed by atoms with van der Waals surface area (Å²) in [6, 6.07) is 23.9. The van der Waals surface area contributed by atoms with E-state index in [2.05, 4.69) is 4.98 Å². The Morgan fingerprint density at radius 1 is 0.871 bits per heavy atom. The van der Waals surface area contributed by atoms with E-state index >= 15 is 0 Å². The maximum atomic E-state index is 13.1.